The first-order chi connectivity index (χ1) is 15.5. The number of nitrogens with one attached hydrogen (secondary N) is 1. The van der Waals surface area contributed by atoms with Gasteiger partial charge in [0.05, 0.1) is 19.6 Å². The average Bonchev–Trinajstić information content (AvgIpc) is 2.78. The molecule has 3 aromatic carbocycles. The summed E-state index contributed by atoms with van der Waals surface area (Å²) in [5.41, 5.74) is 5.65. The number of aryl methyl sites for hydroxylation is 2. The van der Waals surface area contributed by atoms with Gasteiger partial charge in [0.25, 0.3) is 5.91 Å². The lowest BCUT2D eigenvalue weighted by Crippen LogP contribution is -2.30. The summed E-state index contributed by atoms with van der Waals surface area (Å²) < 4.78 is 4.95. The molecule has 0 unspecified atom stereocenters. The van der Waals surface area contributed by atoms with Gasteiger partial charge in [0, 0.05) is 24.9 Å². The molecule has 0 saturated heterocycles. The number of rotatable bonds is 9. The molecule has 0 aromatic heterocycles. The minimum atomic E-state index is -0.0587. The fraction of sp³-hybridized carbons (Fsp3) is 0.259. The highest BCUT2D eigenvalue weighted by molar-refractivity contribution is 6.06. The molecule has 1 N–H and O–H groups in total. The predicted molar refractivity (Wildman–Crippen MR) is 128 cm³/mol. The zero-order valence-electron chi connectivity index (χ0n) is 18.9. The SMILES string of the molecule is COCCNC(=O)Cc1ccc(N(Cc2cccc(C)c2)C(=O)c2ccc(C)cc2)cc1. The Morgan fingerprint density at radius 1 is 0.875 bits per heavy atom. The molecule has 5 heteroatoms. The molecule has 3 rings (SSSR count). The lowest BCUT2D eigenvalue weighted by atomic mass is 10.1. The smallest absolute Gasteiger partial charge is 0.258 e. The second kappa shape index (κ2) is 11.3. The van der Waals surface area contributed by atoms with Crippen molar-refractivity contribution in [2.75, 3.05) is 25.2 Å². The standard InChI is InChI=1S/C27H30N2O3/c1-20-7-11-24(12-8-20)27(31)29(19-23-6-4-5-21(2)17-23)25-13-9-22(10-14-25)18-26(30)28-15-16-32-3/h4-14,17H,15-16,18-19H2,1-3H3,(H,28,30). The maximum absolute atomic E-state index is 13.4. The fourth-order valence-corrected chi connectivity index (χ4v) is 3.46. The van der Waals surface area contributed by atoms with Gasteiger partial charge in [0.1, 0.15) is 0 Å². The van der Waals surface area contributed by atoms with Crippen LogP contribution in [-0.2, 0) is 22.5 Å². The van der Waals surface area contributed by atoms with E-state index in [2.05, 4.69) is 11.4 Å². The first-order valence-corrected chi connectivity index (χ1v) is 10.7. The van der Waals surface area contributed by atoms with E-state index in [1.807, 2.05) is 80.6 Å². The summed E-state index contributed by atoms with van der Waals surface area (Å²) in [6, 6.07) is 23.4. The number of benzene rings is 3. The Kier molecular flexibility index (Phi) is 8.17. The van der Waals surface area contributed by atoms with Crippen LogP contribution in [0.5, 0.6) is 0 Å². The van der Waals surface area contributed by atoms with Crippen LogP contribution in [0.25, 0.3) is 0 Å². The summed E-state index contributed by atoms with van der Waals surface area (Å²) >= 11 is 0. The van der Waals surface area contributed by atoms with Crippen molar-refractivity contribution in [3.05, 3.63) is 101 Å². The Labute approximate surface area is 190 Å². The van der Waals surface area contributed by atoms with E-state index in [1.165, 1.54) is 0 Å². The van der Waals surface area contributed by atoms with E-state index in [1.54, 1.807) is 12.0 Å². The molecule has 0 saturated carbocycles. The van der Waals surface area contributed by atoms with Crippen molar-refractivity contribution in [3.63, 3.8) is 0 Å². The molecular weight excluding hydrogens is 400 g/mol. The van der Waals surface area contributed by atoms with Crippen LogP contribution in [0.3, 0.4) is 0 Å². The van der Waals surface area contributed by atoms with Crippen LogP contribution in [0.1, 0.15) is 32.6 Å². The van der Waals surface area contributed by atoms with Gasteiger partial charge in [-0.3, -0.25) is 9.59 Å². The highest BCUT2D eigenvalue weighted by Crippen LogP contribution is 2.22. The highest BCUT2D eigenvalue weighted by Gasteiger charge is 2.18. The van der Waals surface area contributed by atoms with Crippen molar-refractivity contribution < 1.29 is 14.3 Å². The summed E-state index contributed by atoms with van der Waals surface area (Å²) in [6.07, 6.45) is 0.285. The van der Waals surface area contributed by atoms with Crippen LogP contribution >= 0.6 is 0 Å². The number of hydrogen-bond donors (Lipinski definition) is 1. The molecule has 0 bridgehead atoms. The second-order valence-electron chi connectivity index (χ2n) is 7.93. The van der Waals surface area contributed by atoms with Crippen LogP contribution in [0, 0.1) is 13.8 Å². The molecule has 2 amide bonds. The summed E-state index contributed by atoms with van der Waals surface area (Å²) in [6.45, 7) is 5.48. The van der Waals surface area contributed by atoms with Crippen molar-refractivity contribution >= 4 is 17.5 Å². The van der Waals surface area contributed by atoms with Gasteiger partial charge in [0.2, 0.25) is 5.91 Å². The van der Waals surface area contributed by atoms with Gasteiger partial charge in [-0.2, -0.15) is 0 Å². The van der Waals surface area contributed by atoms with Gasteiger partial charge in [0.15, 0.2) is 0 Å². The molecule has 0 radical (unpaired) electrons. The Hall–Kier alpha value is -3.44. The van der Waals surface area contributed by atoms with E-state index in [0.29, 0.717) is 25.3 Å². The number of nitrogens with zero attached hydrogens (tertiary/aromatic N) is 1. The number of hydrogen-bond acceptors (Lipinski definition) is 3. The molecule has 0 aliphatic rings. The number of anilines is 1. The third-order valence-corrected chi connectivity index (χ3v) is 5.21. The first-order valence-electron chi connectivity index (χ1n) is 10.7. The Morgan fingerprint density at radius 3 is 2.25 bits per heavy atom. The molecule has 166 valence electrons. The van der Waals surface area contributed by atoms with E-state index in [-0.39, 0.29) is 18.2 Å². The van der Waals surface area contributed by atoms with Gasteiger partial charge in [-0.25, -0.2) is 0 Å². The predicted octanol–water partition coefficient (Wildman–Crippen LogP) is 4.46. The minimum absolute atomic E-state index is 0.0536. The van der Waals surface area contributed by atoms with E-state index in [4.69, 9.17) is 4.74 Å². The summed E-state index contributed by atoms with van der Waals surface area (Å²) in [7, 11) is 1.60. The third-order valence-electron chi connectivity index (χ3n) is 5.21. The molecule has 0 atom stereocenters. The van der Waals surface area contributed by atoms with E-state index >= 15 is 0 Å². The number of methoxy groups -OCH3 is 1. The molecule has 0 heterocycles. The van der Waals surface area contributed by atoms with Crippen molar-refractivity contribution in [2.24, 2.45) is 0 Å². The number of carbonyl (C=O) groups excluding carboxylic acids is 2. The monoisotopic (exact) mass is 430 g/mol. The Morgan fingerprint density at radius 2 is 1.59 bits per heavy atom. The van der Waals surface area contributed by atoms with Crippen molar-refractivity contribution in [2.45, 2.75) is 26.8 Å². The molecule has 0 spiro atoms. The van der Waals surface area contributed by atoms with Gasteiger partial charge >= 0.3 is 0 Å². The van der Waals surface area contributed by atoms with Crippen LogP contribution in [0.4, 0.5) is 5.69 Å². The molecule has 0 fully saturated rings. The summed E-state index contributed by atoms with van der Waals surface area (Å²) in [5, 5.41) is 2.82. The number of carbonyl (C=O) groups is 2. The lowest BCUT2D eigenvalue weighted by molar-refractivity contribution is -0.120. The quantitative estimate of drug-likeness (QED) is 0.510. The molecule has 32 heavy (non-hydrogen) atoms. The zero-order valence-corrected chi connectivity index (χ0v) is 18.9. The molecule has 3 aromatic rings. The highest BCUT2D eigenvalue weighted by atomic mass is 16.5. The molecule has 0 aliphatic carbocycles. The molecule has 5 nitrogen and oxygen atoms in total. The minimum Gasteiger partial charge on any atom is -0.383 e. The van der Waals surface area contributed by atoms with Gasteiger partial charge in [-0.1, -0.05) is 59.7 Å². The topological polar surface area (TPSA) is 58.6 Å². The van der Waals surface area contributed by atoms with Crippen molar-refractivity contribution in [3.8, 4) is 0 Å². The normalized spacial score (nSPS) is 10.6. The van der Waals surface area contributed by atoms with Gasteiger partial charge in [-0.15, -0.1) is 0 Å². The lowest BCUT2D eigenvalue weighted by Gasteiger charge is -2.24. The van der Waals surface area contributed by atoms with Gasteiger partial charge < -0.3 is 15.0 Å². The largest absolute Gasteiger partial charge is 0.383 e. The number of ether oxygens (including phenoxy) is 1. The van der Waals surface area contributed by atoms with Crippen LogP contribution < -0.4 is 10.2 Å². The number of amides is 2. The molecular formula is C27H30N2O3. The van der Waals surface area contributed by atoms with E-state index in [0.717, 1.165) is 27.9 Å². The van der Waals surface area contributed by atoms with Gasteiger partial charge in [-0.05, 0) is 49.2 Å². The van der Waals surface area contributed by atoms with Crippen molar-refractivity contribution in [1.82, 2.24) is 5.32 Å². The zero-order chi connectivity index (χ0) is 22.9. The average molecular weight is 431 g/mol. The Balaban J connectivity index is 1.81. The fourth-order valence-electron chi connectivity index (χ4n) is 3.46. The third kappa shape index (κ3) is 6.53. The van der Waals surface area contributed by atoms with Crippen molar-refractivity contribution in [1.29, 1.82) is 0 Å². The van der Waals surface area contributed by atoms with E-state index < -0.39 is 0 Å². The maximum atomic E-state index is 13.4. The van der Waals surface area contributed by atoms with Crippen LogP contribution in [-0.4, -0.2) is 32.1 Å². The maximum Gasteiger partial charge on any atom is 0.258 e. The Bertz CT molecular complexity index is 1040. The second-order valence-corrected chi connectivity index (χ2v) is 7.93. The first kappa shape index (κ1) is 23.2. The van der Waals surface area contributed by atoms with Crippen LogP contribution in [0.15, 0.2) is 72.8 Å². The van der Waals surface area contributed by atoms with Crippen LogP contribution in [0.2, 0.25) is 0 Å². The molecule has 0 aliphatic heterocycles. The summed E-state index contributed by atoms with van der Waals surface area (Å²) in [4.78, 5) is 27.3. The summed E-state index contributed by atoms with van der Waals surface area (Å²) in [5.74, 6) is -0.112. The van der Waals surface area contributed by atoms with E-state index in [9.17, 15) is 9.59 Å².